The second-order valence-electron chi connectivity index (χ2n) is 4.08. The Morgan fingerprint density at radius 2 is 2.16 bits per heavy atom. The molecule has 0 aliphatic heterocycles. The fourth-order valence-electron chi connectivity index (χ4n) is 1.71. The Labute approximate surface area is 119 Å². The molecule has 2 aromatic rings. The van der Waals surface area contributed by atoms with E-state index in [2.05, 4.69) is 26.2 Å². The molecular weight excluding hydrogens is 311 g/mol. The van der Waals surface area contributed by atoms with Gasteiger partial charge in [-0.25, -0.2) is 4.39 Å². The molecule has 2 rings (SSSR count). The first-order chi connectivity index (χ1) is 9.19. The Morgan fingerprint density at radius 3 is 2.89 bits per heavy atom. The van der Waals surface area contributed by atoms with Crippen LogP contribution in [-0.4, -0.2) is 12.0 Å². The van der Waals surface area contributed by atoms with Gasteiger partial charge in [-0.05, 0) is 47.2 Å². The Morgan fingerprint density at radius 1 is 1.32 bits per heavy atom. The van der Waals surface area contributed by atoms with Crippen molar-refractivity contribution in [3.05, 3.63) is 58.1 Å². The van der Waals surface area contributed by atoms with E-state index in [1.54, 1.807) is 18.5 Å². The van der Waals surface area contributed by atoms with Gasteiger partial charge in [0.2, 0.25) is 0 Å². The predicted octanol–water partition coefficient (Wildman–Crippen LogP) is 3.28. The number of nitrogens with one attached hydrogen (secondary N) is 1. The van der Waals surface area contributed by atoms with Gasteiger partial charge >= 0.3 is 0 Å². The number of pyridine rings is 1. The molecular formula is C14H14BrFN2O. The van der Waals surface area contributed by atoms with Gasteiger partial charge in [0, 0.05) is 34.5 Å². The van der Waals surface area contributed by atoms with Crippen LogP contribution in [0.5, 0.6) is 5.75 Å². The van der Waals surface area contributed by atoms with E-state index in [4.69, 9.17) is 4.74 Å². The topological polar surface area (TPSA) is 34.1 Å². The highest BCUT2D eigenvalue weighted by Gasteiger charge is 2.05. The molecule has 0 saturated heterocycles. The summed E-state index contributed by atoms with van der Waals surface area (Å²) in [7, 11) is 1.81. The molecule has 19 heavy (non-hydrogen) atoms. The Kier molecular flexibility index (Phi) is 4.87. The minimum absolute atomic E-state index is 0.262. The van der Waals surface area contributed by atoms with E-state index < -0.39 is 0 Å². The first-order valence-corrected chi connectivity index (χ1v) is 6.63. The molecule has 5 heteroatoms. The van der Waals surface area contributed by atoms with E-state index >= 15 is 0 Å². The van der Waals surface area contributed by atoms with Gasteiger partial charge in [0.15, 0.2) is 0 Å². The first-order valence-electron chi connectivity index (χ1n) is 5.84. The van der Waals surface area contributed by atoms with Crippen LogP contribution in [0.4, 0.5) is 4.39 Å². The number of hydrogen-bond acceptors (Lipinski definition) is 3. The summed E-state index contributed by atoms with van der Waals surface area (Å²) in [6.07, 6.45) is 3.46. The second kappa shape index (κ2) is 6.63. The van der Waals surface area contributed by atoms with Crippen LogP contribution in [0.3, 0.4) is 0 Å². The van der Waals surface area contributed by atoms with Crippen LogP contribution < -0.4 is 10.1 Å². The summed E-state index contributed by atoms with van der Waals surface area (Å²) in [5.74, 6) is 0.414. The molecule has 0 unspecified atom stereocenters. The lowest BCUT2D eigenvalue weighted by Gasteiger charge is -2.11. The van der Waals surface area contributed by atoms with Crippen molar-refractivity contribution in [2.24, 2.45) is 0 Å². The molecule has 100 valence electrons. The normalized spacial score (nSPS) is 10.5. The van der Waals surface area contributed by atoms with Crippen molar-refractivity contribution in [1.82, 2.24) is 10.3 Å². The zero-order chi connectivity index (χ0) is 13.7. The molecule has 1 N–H and O–H groups in total. The number of aromatic nitrogens is 1. The lowest BCUT2D eigenvalue weighted by Crippen LogP contribution is -2.08. The van der Waals surface area contributed by atoms with Crippen LogP contribution in [0.15, 0.2) is 41.1 Å². The maximum Gasteiger partial charge on any atom is 0.124 e. The molecule has 0 amide bonds. The Bertz CT molecular complexity index is 563. The summed E-state index contributed by atoms with van der Waals surface area (Å²) in [5, 5.41) is 2.99. The minimum Gasteiger partial charge on any atom is -0.489 e. The number of hydrogen-bond donors (Lipinski definition) is 1. The summed E-state index contributed by atoms with van der Waals surface area (Å²) in [6, 6.07) is 6.46. The molecule has 3 nitrogen and oxygen atoms in total. The number of rotatable bonds is 5. The molecule has 0 spiro atoms. The van der Waals surface area contributed by atoms with Gasteiger partial charge in [-0.15, -0.1) is 0 Å². The van der Waals surface area contributed by atoms with Crippen molar-refractivity contribution < 1.29 is 9.13 Å². The number of benzene rings is 1. The van der Waals surface area contributed by atoms with Crippen molar-refractivity contribution in [3.8, 4) is 5.75 Å². The molecule has 0 aliphatic carbocycles. The fourth-order valence-corrected chi connectivity index (χ4v) is 2.13. The largest absolute Gasteiger partial charge is 0.489 e. The van der Waals surface area contributed by atoms with Crippen molar-refractivity contribution in [3.63, 3.8) is 0 Å². The molecule has 0 radical (unpaired) electrons. The predicted molar refractivity (Wildman–Crippen MR) is 75.4 cm³/mol. The molecule has 0 aliphatic rings. The number of nitrogens with zero attached hydrogens (tertiary/aromatic N) is 1. The lowest BCUT2D eigenvalue weighted by molar-refractivity contribution is 0.301. The smallest absolute Gasteiger partial charge is 0.124 e. The molecule has 1 heterocycles. The zero-order valence-electron chi connectivity index (χ0n) is 10.5. The van der Waals surface area contributed by atoms with Gasteiger partial charge < -0.3 is 10.1 Å². The zero-order valence-corrected chi connectivity index (χ0v) is 12.1. The first kappa shape index (κ1) is 14.0. The van der Waals surface area contributed by atoms with Gasteiger partial charge in [-0.2, -0.15) is 0 Å². The highest BCUT2D eigenvalue weighted by Crippen LogP contribution is 2.21. The number of halogens is 2. The van der Waals surface area contributed by atoms with Crippen LogP contribution in [0.25, 0.3) is 0 Å². The molecule has 1 aromatic heterocycles. The minimum atomic E-state index is -0.262. The van der Waals surface area contributed by atoms with Crippen molar-refractivity contribution in [2.45, 2.75) is 13.2 Å². The van der Waals surface area contributed by atoms with E-state index in [0.29, 0.717) is 18.9 Å². The fraction of sp³-hybridized carbons (Fsp3) is 0.214. The van der Waals surface area contributed by atoms with Gasteiger partial charge in [0.05, 0.1) is 0 Å². The van der Waals surface area contributed by atoms with Crippen molar-refractivity contribution >= 4 is 15.9 Å². The molecule has 0 bridgehead atoms. The molecule has 0 atom stereocenters. The number of ether oxygens (including phenoxy) is 1. The average molecular weight is 325 g/mol. The van der Waals surface area contributed by atoms with Crippen molar-refractivity contribution in [1.29, 1.82) is 0 Å². The van der Waals surface area contributed by atoms with E-state index in [1.807, 2.05) is 13.1 Å². The highest BCUT2D eigenvalue weighted by molar-refractivity contribution is 9.10. The molecule has 1 aromatic carbocycles. The van der Waals surface area contributed by atoms with Crippen LogP contribution in [0.1, 0.15) is 11.1 Å². The van der Waals surface area contributed by atoms with Crippen LogP contribution >= 0.6 is 15.9 Å². The third-order valence-electron chi connectivity index (χ3n) is 2.55. The quantitative estimate of drug-likeness (QED) is 0.916. The van der Waals surface area contributed by atoms with E-state index in [1.165, 1.54) is 12.1 Å². The van der Waals surface area contributed by atoms with Crippen molar-refractivity contribution in [2.75, 3.05) is 7.05 Å². The molecule has 0 saturated carbocycles. The Balaban J connectivity index is 2.10. The maximum atomic E-state index is 13.2. The van der Waals surface area contributed by atoms with E-state index in [0.717, 1.165) is 15.6 Å². The van der Waals surface area contributed by atoms with Crippen LogP contribution in [-0.2, 0) is 13.2 Å². The summed E-state index contributed by atoms with van der Waals surface area (Å²) in [4.78, 5) is 4.07. The van der Waals surface area contributed by atoms with Crippen LogP contribution in [0, 0.1) is 5.82 Å². The summed E-state index contributed by atoms with van der Waals surface area (Å²) >= 11 is 3.36. The highest BCUT2D eigenvalue weighted by atomic mass is 79.9. The standard InChI is InChI=1S/C14H14BrFN2O/c1-17-7-11-5-13(16)2-3-14(11)19-9-10-4-12(15)8-18-6-10/h2-6,8,17H,7,9H2,1H3. The third kappa shape index (κ3) is 4.01. The summed E-state index contributed by atoms with van der Waals surface area (Å²) in [5.41, 5.74) is 1.75. The maximum absolute atomic E-state index is 13.2. The van der Waals surface area contributed by atoms with Gasteiger partial charge in [-0.1, -0.05) is 0 Å². The molecule has 0 fully saturated rings. The van der Waals surface area contributed by atoms with Gasteiger partial charge in [0.25, 0.3) is 0 Å². The summed E-state index contributed by atoms with van der Waals surface area (Å²) in [6.45, 7) is 0.957. The lowest BCUT2D eigenvalue weighted by atomic mass is 10.2. The third-order valence-corrected chi connectivity index (χ3v) is 2.98. The summed E-state index contributed by atoms with van der Waals surface area (Å²) < 4.78 is 19.8. The monoisotopic (exact) mass is 324 g/mol. The van der Waals surface area contributed by atoms with E-state index in [-0.39, 0.29) is 5.82 Å². The van der Waals surface area contributed by atoms with Crippen LogP contribution in [0.2, 0.25) is 0 Å². The van der Waals surface area contributed by atoms with Gasteiger partial charge in [0.1, 0.15) is 18.2 Å². The SMILES string of the molecule is CNCc1cc(F)ccc1OCc1cncc(Br)c1. The second-order valence-corrected chi connectivity index (χ2v) is 5.00. The van der Waals surface area contributed by atoms with Gasteiger partial charge in [-0.3, -0.25) is 4.98 Å². The van der Waals surface area contributed by atoms with E-state index in [9.17, 15) is 4.39 Å². The Hall–Kier alpha value is -1.46. The average Bonchev–Trinajstić information content (AvgIpc) is 2.38.